The Morgan fingerprint density at radius 2 is 1.65 bits per heavy atom. The fraction of sp³-hybridized carbons (Fsp3) is 0.0556. The summed E-state index contributed by atoms with van der Waals surface area (Å²) in [7, 11) is 0. The van der Waals surface area contributed by atoms with Gasteiger partial charge in [0.2, 0.25) is 0 Å². The summed E-state index contributed by atoms with van der Waals surface area (Å²) in [6.45, 7) is 0. The number of fused-ring (bicyclic) bond motifs is 1. The Balaban J connectivity index is 2.13. The number of hydrogen-bond donors (Lipinski definition) is 1. The van der Waals surface area contributed by atoms with Gasteiger partial charge in [0.15, 0.2) is 0 Å². The minimum atomic E-state index is -0.727. The van der Waals surface area contributed by atoms with Gasteiger partial charge in [-0.15, -0.1) is 0 Å². The third-order valence-electron chi connectivity index (χ3n) is 3.45. The standard InChI is InChI=1S/C18H13NO/c19-12-13-5-3-8-15(11-13)18(20)17-10-4-7-14-6-1-2-9-16(14)17/h1-11,18,20H/t18-/m1/s1. The molecule has 0 bridgehead atoms. The second-order valence-corrected chi connectivity index (χ2v) is 4.71. The van der Waals surface area contributed by atoms with E-state index >= 15 is 0 Å². The van der Waals surface area contributed by atoms with Crippen molar-refractivity contribution >= 4 is 10.8 Å². The summed E-state index contributed by atoms with van der Waals surface area (Å²) in [6.07, 6.45) is -0.727. The largest absolute Gasteiger partial charge is 0.384 e. The number of benzene rings is 3. The number of rotatable bonds is 2. The molecule has 0 unspecified atom stereocenters. The van der Waals surface area contributed by atoms with Gasteiger partial charge in [-0.05, 0) is 34.0 Å². The Morgan fingerprint density at radius 1 is 0.900 bits per heavy atom. The lowest BCUT2D eigenvalue weighted by Gasteiger charge is -2.14. The molecular weight excluding hydrogens is 246 g/mol. The van der Waals surface area contributed by atoms with Gasteiger partial charge in [-0.25, -0.2) is 0 Å². The number of aliphatic hydroxyl groups is 1. The molecule has 0 saturated carbocycles. The molecule has 1 N–H and O–H groups in total. The van der Waals surface area contributed by atoms with Crippen molar-refractivity contribution < 1.29 is 5.11 Å². The van der Waals surface area contributed by atoms with Crippen LogP contribution in [0.3, 0.4) is 0 Å². The quantitative estimate of drug-likeness (QED) is 0.760. The smallest absolute Gasteiger partial charge is 0.105 e. The van der Waals surface area contributed by atoms with Crippen LogP contribution in [0.1, 0.15) is 22.8 Å². The van der Waals surface area contributed by atoms with Crippen molar-refractivity contribution in [2.75, 3.05) is 0 Å². The highest BCUT2D eigenvalue weighted by molar-refractivity contribution is 5.86. The molecule has 0 amide bonds. The summed E-state index contributed by atoms with van der Waals surface area (Å²) in [5.41, 5.74) is 2.15. The average Bonchev–Trinajstić information content (AvgIpc) is 2.53. The Labute approximate surface area is 117 Å². The summed E-state index contributed by atoms with van der Waals surface area (Å²) in [6, 6.07) is 23.1. The van der Waals surface area contributed by atoms with Crippen molar-refractivity contribution in [3.8, 4) is 6.07 Å². The molecule has 0 spiro atoms. The third-order valence-corrected chi connectivity index (χ3v) is 3.45. The van der Waals surface area contributed by atoms with Gasteiger partial charge in [0.25, 0.3) is 0 Å². The van der Waals surface area contributed by atoms with Crippen LogP contribution in [0.5, 0.6) is 0 Å². The van der Waals surface area contributed by atoms with E-state index in [9.17, 15) is 5.11 Å². The highest BCUT2D eigenvalue weighted by Crippen LogP contribution is 2.29. The van der Waals surface area contributed by atoms with E-state index in [1.807, 2.05) is 48.5 Å². The fourth-order valence-electron chi connectivity index (χ4n) is 2.45. The summed E-state index contributed by atoms with van der Waals surface area (Å²) < 4.78 is 0. The lowest BCUT2D eigenvalue weighted by Crippen LogP contribution is -2.00. The van der Waals surface area contributed by atoms with Crippen molar-refractivity contribution in [3.63, 3.8) is 0 Å². The molecule has 0 aliphatic heterocycles. The number of nitriles is 1. The van der Waals surface area contributed by atoms with Gasteiger partial charge in [-0.2, -0.15) is 5.26 Å². The second kappa shape index (κ2) is 5.16. The molecule has 96 valence electrons. The first kappa shape index (κ1) is 12.4. The number of hydrogen-bond acceptors (Lipinski definition) is 2. The summed E-state index contributed by atoms with van der Waals surface area (Å²) in [5.74, 6) is 0. The van der Waals surface area contributed by atoms with Crippen LogP contribution in [-0.4, -0.2) is 5.11 Å². The van der Waals surface area contributed by atoms with Crippen LogP contribution >= 0.6 is 0 Å². The molecule has 0 aliphatic rings. The van der Waals surface area contributed by atoms with Crippen molar-refractivity contribution in [1.29, 1.82) is 5.26 Å². The molecule has 0 saturated heterocycles. The molecule has 3 aromatic carbocycles. The maximum absolute atomic E-state index is 10.6. The van der Waals surface area contributed by atoms with Gasteiger partial charge in [0.05, 0.1) is 11.6 Å². The summed E-state index contributed by atoms with van der Waals surface area (Å²) in [4.78, 5) is 0. The van der Waals surface area contributed by atoms with Crippen molar-refractivity contribution in [2.45, 2.75) is 6.10 Å². The molecule has 0 aromatic heterocycles. The zero-order valence-corrected chi connectivity index (χ0v) is 10.8. The van der Waals surface area contributed by atoms with Gasteiger partial charge >= 0.3 is 0 Å². The van der Waals surface area contributed by atoms with E-state index in [2.05, 4.69) is 6.07 Å². The zero-order chi connectivity index (χ0) is 13.9. The highest BCUT2D eigenvalue weighted by Gasteiger charge is 2.13. The topological polar surface area (TPSA) is 44.0 Å². The Morgan fingerprint density at radius 3 is 2.50 bits per heavy atom. The minimum absolute atomic E-state index is 0.557. The lowest BCUT2D eigenvalue weighted by atomic mass is 9.95. The van der Waals surface area contributed by atoms with E-state index in [-0.39, 0.29) is 0 Å². The van der Waals surface area contributed by atoms with E-state index in [1.54, 1.807) is 18.2 Å². The fourth-order valence-corrected chi connectivity index (χ4v) is 2.45. The van der Waals surface area contributed by atoms with Crippen LogP contribution in [0.2, 0.25) is 0 Å². The van der Waals surface area contributed by atoms with Gasteiger partial charge in [-0.1, -0.05) is 54.6 Å². The molecule has 3 aromatic rings. The van der Waals surface area contributed by atoms with Gasteiger partial charge in [-0.3, -0.25) is 0 Å². The molecule has 0 aliphatic carbocycles. The molecule has 3 rings (SSSR count). The zero-order valence-electron chi connectivity index (χ0n) is 10.8. The molecule has 0 fully saturated rings. The van der Waals surface area contributed by atoms with Gasteiger partial charge in [0, 0.05) is 0 Å². The first-order valence-corrected chi connectivity index (χ1v) is 6.45. The van der Waals surface area contributed by atoms with Crippen LogP contribution < -0.4 is 0 Å². The van der Waals surface area contributed by atoms with E-state index < -0.39 is 6.10 Å². The molecule has 2 nitrogen and oxygen atoms in total. The van der Waals surface area contributed by atoms with E-state index in [0.717, 1.165) is 21.9 Å². The van der Waals surface area contributed by atoms with Crippen LogP contribution in [-0.2, 0) is 0 Å². The van der Waals surface area contributed by atoms with Crippen LogP contribution in [0, 0.1) is 11.3 Å². The average molecular weight is 259 g/mol. The first-order valence-electron chi connectivity index (χ1n) is 6.45. The molecular formula is C18H13NO. The molecule has 0 radical (unpaired) electrons. The molecule has 1 atom stereocenters. The first-order chi connectivity index (χ1) is 9.79. The van der Waals surface area contributed by atoms with E-state index in [4.69, 9.17) is 5.26 Å². The van der Waals surface area contributed by atoms with Gasteiger partial charge < -0.3 is 5.11 Å². The van der Waals surface area contributed by atoms with E-state index in [1.165, 1.54) is 0 Å². The highest BCUT2D eigenvalue weighted by atomic mass is 16.3. The maximum atomic E-state index is 10.6. The van der Waals surface area contributed by atoms with Crippen molar-refractivity contribution in [2.24, 2.45) is 0 Å². The third kappa shape index (κ3) is 2.16. The Hall–Kier alpha value is -2.63. The Kier molecular flexibility index (Phi) is 3.20. The van der Waals surface area contributed by atoms with Gasteiger partial charge in [0.1, 0.15) is 6.10 Å². The SMILES string of the molecule is N#Cc1cccc([C@@H](O)c2cccc3ccccc23)c1. The Bertz CT molecular complexity index is 796. The molecule has 0 heterocycles. The van der Waals surface area contributed by atoms with Crippen LogP contribution in [0.15, 0.2) is 66.7 Å². The van der Waals surface area contributed by atoms with Crippen LogP contribution in [0.25, 0.3) is 10.8 Å². The summed E-state index contributed by atoms with van der Waals surface area (Å²) in [5, 5.41) is 21.7. The second-order valence-electron chi connectivity index (χ2n) is 4.71. The summed E-state index contributed by atoms with van der Waals surface area (Å²) >= 11 is 0. The van der Waals surface area contributed by atoms with E-state index in [0.29, 0.717) is 5.56 Å². The lowest BCUT2D eigenvalue weighted by molar-refractivity contribution is 0.222. The predicted molar refractivity (Wildman–Crippen MR) is 79.2 cm³/mol. The van der Waals surface area contributed by atoms with Crippen molar-refractivity contribution in [1.82, 2.24) is 0 Å². The normalized spacial score (nSPS) is 12.0. The number of aliphatic hydroxyl groups excluding tert-OH is 1. The maximum Gasteiger partial charge on any atom is 0.105 e. The number of nitrogens with zero attached hydrogens (tertiary/aromatic N) is 1. The van der Waals surface area contributed by atoms with Crippen molar-refractivity contribution in [3.05, 3.63) is 83.4 Å². The predicted octanol–water partition coefficient (Wildman–Crippen LogP) is 3.79. The molecule has 2 heteroatoms. The van der Waals surface area contributed by atoms with Crippen LogP contribution in [0.4, 0.5) is 0 Å². The molecule has 20 heavy (non-hydrogen) atoms. The monoisotopic (exact) mass is 259 g/mol. The minimum Gasteiger partial charge on any atom is -0.384 e.